The first-order valence-corrected chi connectivity index (χ1v) is 5.18. The number of aryl methyl sites for hydroxylation is 1. The number of rotatable bonds is 2. The summed E-state index contributed by atoms with van der Waals surface area (Å²) in [6, 6.07) is 6.71. The van der Waals surface area contributed by atoms with Crippen molar-refractivity contribution in [1.82, 2.24) is 4.37 Å². The van der Waals surface area contributed by atoms with Crippen LogP contribution < -0.4 is 0 Å². The molecule has 0 radical (unpaired) electrons. The second-order valence-corrected chi connectivity index (χ2v) is 3.81. The molecule has 2 rings (SSSR count). The van der Waals surface area contributed by atoms with Crippen molar-refractivity contribution in [3.8, 4) is 11.3 Å². The van der Waals surface area contributed by atoms with Gasteiger partial charge in [0.25, 0.3) is 5.69 Å². The molecular formula is C10H8N2O2S. The van der Waals surface area contributed by atoms with Crippen molar-refractivity contribution in [3.05, 3.63) is 45.3 Å². The van der Waals surface area contributed by atoms with Crippen LogP contribution in [0, 0.1) is 17.0 Å². The van der Waals surface area contributed by atoms with Gasteiger partial charge in [0.15, 0.2) is 0 Å². The molecule has 0 aliphatic rings. The van der Waals surface area contributed by atoms with Gasteiger partial charge in [0, 0.05) is 23.1 Å². The molecule has 0 bridgehead atoms. The molecular weight excluding hydrogens is 212 g/mol. The zero-order valence-electron chi connectivity index (χ0n) is 8.01. The van der Waals surface area contributed by atoms with E-state index in [0.717, 1.165) is 16.8 Å². The highest BCUT2D eigenvalue weighted by atomic mass is 32.1. The van der Waals surface area contributed by atoms with Crippen molar-refractivity contribution < 1.29 is 4.92 Å². The highest BCUT2D eigenvalue weighted by molar-refractivity contribution is 7.03. The molecule has 5 heteroatoms. The Labute approximate surface area is 90.5 Å². The highest BCUT2D eigenvalue weighted by Crippen LogP contribution is 2.26. The first kappa shape index (κ1) is 9.79. The molecule has 0 amide bonds. The van der Waals surface area contributed by atoms with Gasteiger partial charge in [-0.15, -0.1) is 0 Å². The fourth-order valence-corrected chi connectivity index (χ4v) is 1.92. The van der Waals surface area contributed by atoms with E-state index < -0.39 is 4.92 Å². The van der Waals surface area contributed by atoms with Crippen molar-refractivity contribution in [1.29, 1.82) is 0 Å². The van der Waals surface area contributed by atoms with Gasteiger partial charge >= 0.3 is 0 Å². The Morgan fingerprint density at radius 2 is 2.20 bits per heavy atom. The quantitative estimate of drug-likeness (QED) is 0.577. The molecule has 15 heavy (non-hydrogen) atoms. The third-order valence-electron chi connectivity index (χ3n) is 2.13. The molecule has 0 saturated carbocycles. The van der Waals surface area contributed by atoms with E-state index in [9.17, 15) is 10.1 Å². The first-order chi connectivity index (χ1) is 7.18. The van der Waals surface area contributed by atoms with Crippen molar-refractivity contribution in [2.24, 2.45) is 0 Å². The third kappa shape index (κ3) is 1.87. The molecule has 76 valence electrons. The van der Waals surface area contributed by atoms with Gasteiger partial charge in [-0.05, 0) is 36.2 Å². The summed E-state index contributed by atoms with van der Waals surface area (Å²) in [5.41, 5.74) is 2.80. The van der Waals surface area contributed by atoms with Crippen molar-refractivity contribution >= 4 is 17.2 Å². The standard InChI is InChI=1S/C10H8N2O2S/c1-7-6-8(12(13)14)2-3-9(7)10-4-5-15-11-10/h2-6H,1H3. The fourth-order valence-electron chi connectivity index (χ4n) is 1.40. The van der Waals surface area contributed by atoms with Gasteiger partial charge in [-0.25, -0.2) is 0 Å². The van der Waals surface area contributed by atoms with E-state index in [4.69, 9.17) is 0 Å². The lowest BCUT2D eigenvalue weighted by Crippen LogP contribution is -1.90. The Morgan fingerprint density at radius 3 is 2.73 bits per heavy atom. The maximum Gasteiger partial charge on any atom is 0.269 e. The van der Waals surface area contributed by atoms with Gasteiger partial charge in [0.1, 0.15) is 0 Å². The van der Waals surface area contributed by atoms with Crippen LogP contribution in [0.1, 0.15) is 5.56 Å². The second kappa shape index (κ2) is 3.78. The maximum atomic E-state index is 10.5. The fraction of sp³-hybridized carbons (Fsp3) is 0.100. The number of hydrogen-bond donors (Lipinski definition) is 0. The van der Waals surface area contributed by atoms with Crippen LogP contribution in [0.15, 0.2) is 29.6 Å². The van der Waals surface area contributed by atoms with E-state index in [2.05, 4.69) is 4.37 Å². The smallest absolute Gasteiger partial charge is 0.258 e. The van der Waals surface area contributed by atoms with Crippen molar-refractivity contribution in [2.75, 3.05) is 0 Å². The zero-order valence-corrected chi connectivity index (χ0v) is 8.82. The van der Waals surface area contributed by atoms with Crippen LogP contribution in [0.3, 0.4) is 0 Å². The number of non-ortho nitro benzene ring substituents is 1. The Kier molecular flexibility index (Phi) is 2.47. The molecule has 0 aliphatic heterocycles. The van der Waals surface area contributed by atoms with Gasteiger partial charge in [0.05, 0.1) is 10.6 Å². The summed E-state index contributed by atoms with van der Waals surface area (Å²) in [7, 11) is 0. The average Bonchev–Trinajstić information content (AvgIpc) is 2.70. The number of hydrogen-bond acceptors (Lipinski definition) is 4. The molecule has 0 fully saturated rings. The van der Waals surface area contributed by atoms with E-state index in [1.807, 2.05) is 18.4 Å². The van der Waals surface area contributed by atoms with Crippen LogP contribution in [0.5, 0.6) is 0 Å². The monoisotopic (exact) mass is 220 g/mol. The largest absolute Gasteiger partial charge is 0.269 e. The van der Waals surface area contributed by atoms with E-state index in [0.29, 0.717) is 0 Å². The Morgan fingerprint density at radius 1 is 1.40 bits per heavy atom. The van der Waals surface area contributed by atoms with E-state index in [1.165, 1.54) is 17.6 Å². The minimum Gasteiger partial charge on any atom is -0.258 e. The normalized spacial score (nSPS) is 10.2. The lowest BCUT2D eigenvalue weighted by atomic mass is 10.1. The van der Waals surface area contributed by atoms with Crippen molar-refractivity contribution in [2.45, 2.75) is 6.92 Å². The molecule has 0 N–H and O–H groups in total. The van der Waals surface area contributed by atoms with Crippen molar-refractivity contribution in [3.63, 3.8) is 0 Å². The van der Waals surface area contributed by atoms with Crippen LogP contribution in [0.25, 0.3) is 11.3 Å². The van der Waals surface area contributed by atoms with Crippen LogP contribution in [0.4, 0.5) is 5.69 Å². The lowest BCUT2D eigenvalue weighted by molar-refractivity contribution is -0.384. The second-order valence-electron chi connectivity index (χ2n) is 3.14. The third-order valence-corrected chi connectivity index (χ3v) is 2.69. The predicted molar refractivity (Wildman–Crippen MR) is 58.9 cm³/mol. The van der Waals surface area contributed by atoms with Crippen LogP contribution in [-0.2, 0) is 0 Å². The number of aromatic nitrogens is 1. The number of benzene rings is 1. The lowest BCUT2D eigenvalue weighted by Gasteiger charge is -2.01. The molecule has 1 aromatic carbocycles. The number of nitrogens with zero attached hydrogens (tertiary/aromatic N) is 2. The van der Waals surface area contributed by atoms with Gasteiger partial charge in [0.2, 0.25) is 0 Å². The molecule has 4 nitrogen and oxygen atoms in total. The number of nitro benzene ring substituents is 1. The molecule has 1 aromatic heterocycles. The summed E-state index contributed by atoms with van der Waals surface area (Å²) in [4.78, 5) is 10.2. The minimum atomic E-state index is -0.391. The summed E-state index contributed by atoms with van der Waals surface area (Å²) in [5, 5.41) is 12.4. The van der Waals surface area contributed by atoms with Gasteiger partial charge in [-0.3, -0.25) is 10.1 Å². The topological polar surface area (TPSA) is 56.0 Å². The van der Waals surface area contributed by atoms with Gasteiger partial charge in [-0.1, -0.05) is 0 Å². The van der Waals surface area contributed by atoms with Gasteiger partial charge < -0.3 is 0 Å². The maximum absolute atomic E-state index is 10.5. The molecule has 1 heterocycles. The average molecular weight is 220 g/mol. The van der Waals surface area contributed by atoms with Crippen LogP contribution in [0.2, 0.25) is 0 Å². The molecule has 0 spiro atoms. The summed E-state index contributed by atoms with van der Waals surface area (Å²) in [6.07, 6.45) is 0. The molecule has 0 saturated heterocycles. The van der Waals surface area contributed by atoms with E-state index in [1.54, 1.807) is 12.1 Å². The summed E-state index contributed by atoms with van der Waals surface area (Å²) in [5.74, 6) is 0. The zero-order chi connectivity index (χ0) is 10.8. The first-order valence-electron chi connectivity index (χ1n) is 4.34. The van der Waals surface area contributed by atoms with Gasteiger partial charge in [-0.2, -0.15) is 4.37 Å². The SMILES string of the molecule is Cc1cc([N+](=O)[O-])ccc1-c1ccsn1. The van der Waals surface area contributed by atoms with E-state index in [-0.39, 0.29) is 5.69 Å². The molecule has 0 aliphatic carbocycles. The molecule has 0 unspecified atom stereocenters. The summed E-state index contributed by atoms with van der Waals surface area (Å²) < 4.78 is 4.19. The highest BCUT2D eigenvalue weighted by Gasteiger charge is 2.09. The Hall–Kier alpha value is -1.75. The predicted octanol–water partition coefficient (Wildman–Crippen LogP) is 3.03. The summed E-state index contributed by atoms with van der Waals surface area (Å²) in [6.45, 7) is 1.85. The minimum absolute atomic E-state index is 0.117. The summed E-state index contributed by atoms with van der Waals surface area (Å²) >= 11 is 1.37. The van der Waals surface area contributed by atoms with E-state index >= 15 is 0 Å². The van der Waals surface area contributed by atoms with Crippen LogP contribution >= 0.6 is 11.5 Å². The molecule has 2 aromatic rings. The van der Waals surface area contributed by atoms with Crippen LogP contribution in [-0.4, -0.2) is 9.30 Å². The Bertz CT molecular complexity index is 494. The molecule has 0 atom stereocenters. The number of nitro groups is 1. The Balaban J connectivity index is 2.48.